The maximum Gasteiger partial charge on any atom is 0.321 e. The van der Waals surface area contributed by atoms with Crippen LogP contribution in [-0.2, 0) is 9.59 Å². The Hall–Kier alpha value is -1.14. The third kappa shape index (κ3) is 6.91. The Labute approximate surface area is 126 Å². The topological polar surface area (TPSA) is 121 Å². The molecule has 1 aliphatic rings. The first-order valence-corrected chi connectivity index (χ1v) is 7.45. The summed E-state index contributed by atoms with van der Waals surface area (Å²) in [4.78, 5) is 20.9. The van der Waals surface area contributed by atoms with E-state index in [9.17, 15) is 9.59 Å². The minimum atomic E-state index is -1.08. The van der Waals surface area contributed by atoms with Gasteiger partial charge in [-0.05, 0) is 18.8 Å². The molecule has 0 heterocycles. The fraction of sp³-hybridized carbons (Fsp3) is 0.867. The Morgan fingerprint density at radius 3 is 1.90 bits per heavy atom. The van der Waals surface area contributed by atoms with Crippen molar-refractivity contribution in [3.05, 3.63) is 0 Å². The number of carbonyl (C=O) groups is 2. The zero-order valence-corrected chi connectivity index (χ0v) is 13.2. The molecule has 1 rings (SSSR count). The van der Waals surface area contributed by atoms with Crippen molar-refractivity contribution in [1.29, 1.82) is 0 Å². The normalized spacial score (nSPS) is 19.1. The Morgan fingerprint density at radius 1 is 1.14 bits per heavy atom. The molecule has 0 aliphatic heterocycles. The molecule has 5 N–H and O–H groups in total. The molecule has 2 atom stereocenters. The summed E-state index contributed by atoms with van der Waals surface area (Å²) >= 11 is 0. The summed E-state index contributed by atoms with van der Waals surface area (Å²) in [5.74, 6) is -1.40. The summed E-state index contributed by atoms with van der Waals surface area (Å²) in [6, 6.07) is -1.00. The predicted octanol–water partition coefficient (Wildman–Crippen LogP) is 1.70. The lowest BCUT2D eigenvalue weighted by Crippen LogP contribution is -2.45. The Morgan fingerprint density at radius 2 is 1.62 bits per heavy atom. The lowest BCUT2D eigenvalue weighted by Gasteiger charge is -2.25. The van der Waals surface area contributed by atoms with Gasteiger partial charge in [0, 0.05) is 5.41 Å². The number of aliphatic hydroxyl groups excluding tert-OH is 1. The molecule has 0 spiro atoms. The van der Waals surface area contributed by atoms with Crippen LogP contribution in [0.4, 0.5) is 0 Å². The Kier molecular flexibility index (Phi) is 8.51. The molecule has 0 amide bonds. The second-order valence-corrected chi connectivity index (χ2v) is 6.49. The van der Waals surface area contributed by atoms with Crippen molar-refractivity contribution in [2.24, 2.45) is 23.0 Å². The van der Waals surface area contributed by atoms with E-state index in [1.807, 2.05) is 6.92 Å². The quantitative estimate of drug-likeness (QED) is 0.613. The number of carboxylic acid groups (broad SMARTS) is 2. The van der Waals surface area contributed by atoms with Gasteiger partial charge in [0.05, 0.1) is 12.5 Å². The second kappa shape index (κ2) is 9.00. The zero-order valence-electron chi connectivity index (χ0n) is 13.2. The number of hydrogen-bond acceptors (Lipinski definition) is 4. The maximum atomic E-state index is 10.6. The average molecular weight is 303 g/mol. The van der Waals surface area contributed by atoms with Gasteiger partial charge in [-0.25, -0.2) is 0 Å². The molecule has 124 valence electrons. The third-order valence-corrected chi connectivity index (χ3v) is 4.26. The van der Waals surface area contributed by atoms with Gasteiger partial charge in [-0.2, -0.15) is 0 Å². The van der Waals surface area contributed by atoms with Crippen LogP contribution in [-0.4, -0.2) is 39.9 Å². The standard InChI is InChI=1S/C9H16O2.C6H13NO3/c1-7(9(10)11)8-5-3-2-4-6-8;1-6(2,3-8)4(7)5(9)10/h7-8H,2-6H2,1H3,(H,10,11);4,8H,3,7H2,1-2H3,(H,9,10). The van der Waals surface area contributed by atoms with Crippen molar-refractivity contribution in [2.45, 2.75) is 58.9 Å². The first-order valence-electron chi connectivity index (χ1n) is 7.45. The van der Waals surface area contributed by atoms with Crippen LogP contribution >= 0.6 is 0 Å². The van der Waals surface area contributed by atoms with E-state index in [1.165, 1.54) is 19.3 Å². The molecule has 0 bridgehead atoms. The van der Waals surface area contributed by atoms with Gasteiger partial charge < -0.3 is 21.1 Å². The van der Waals surface area contributed by atoms with Crippen molar-refractivity contribution in [3.8, 4) is 0 Å². The van der Waals surface area contributed by atoms with Gasteiger partial charge in [0.15, 0.2) is 0 Å². The fourth-order valence-electron chi connectivity index (χ4n) is 2.27. The predicted molar refractivity (Wildman–Crippen MR) is 79.9 cm³/mol. The summed E-state index contributed by atoms with van der Waals surface area (Å²) in [6.45, 7) is 4.82. The van der Waals surface area contributed by atoms with Gasteiger partial charge in [-0.3, -0.25) is 9.59 Å². The SMILES string of the molecule is CC(C(=O)O)C1CCCCC1.CC(C)(CO)C(N)C(=O)O. The van der Waals surface area contributed by atoms with E-state index in [0.717, 1.165) is 12.8 Å². The van der Waals surface area contributed by atoms with Crippen molar-refractivity contribution < 1.29 is 24.9 Å². The molecule has 1 saturated carbocycles. The summed E-state index contributed by atoms with van der Waals surface area (Å²) in [5.41, 5.74) is 4.50. The Bertz CT molecular complexity index is 337. The minimum absolute atomic E-state index is 0.129. The number of carboxylic acids is 2. The molecule has 0 aromatic heterocycles. The van der Waals surface area contributed by atoms with Crippen LogP contribution in [0.5, 0.6) is 0 Å². The first-order chi connectivity index (χ1) is 9.63. The van der Waals surface area contributed by atoms with Crippen molar-refractivity contribution in [2.75, 3.05) is 6.61 Å². The summed E-state index contributed by atoms with van der Waals surface area (Å²) < 4.78 is 0. The number of rotatable bonds is 5. The lowest BCUT2D eigenvalue weighted by atomic mass is 9.81. The average Bonchev–Trinajstić information content (AvgIpc) is 2.46. The van der Waals surface area contributed by atoms with Crippen molar-refractivity contribution in [1.82, 2.24) is 0 Å². The lowest BCUT2D eigenvalue weighted by molar-refractivity contribution is -0.143. The van der Waals surface area contributed by atoms with Crippen LogP contribution in [0, 0.1) is 17.3 Å². The van der Waals surface area contributed by atoms with E-state index in [2.05, 4.69) is 0 Å². The molecular weight excluding hydrogens is 274 g/mol. The number of aliphatic hydroxyl groups is 1. The molecule has 0 saturated heterocycles. The highest BCUT2D eigenvalue weighted by atomic mass is 16.4. The van der Waals surface area contributed by atoms with Crippen LogP contribution in [0.15, 0.2) is 0 Å². The Balaban J connectivity index is 0.000000384. The van der Waals surface area contributed by atoms with Gasteiger partial charge in [0.2, 0.25) is 0 Å². The van der Waals surface area contributed by atoms with Gasteiger partial charge in [-0.1, -0.05) is 40.0 Å². The number of hydrogen-bond donors (Lipinski definition) is 4. The molecule has 6 nitrogen and oxygen atoms in total. The molecule has 0 aromatic rings. The van der Waals surface area contributed by atoms with E-state index in [1.54, 1.807) is 13.8 Å². The van der Waals surface area contributed by atoms with Gasteiger partial charge >= 0.3 is 11.9 Å². The highest BCUT2D eigenvalue weighted by Crippen LogP contribution is 2.29. The van der Waals surface area contributed by atoms with E-state index in [0.29, 0.717) is 5.92 Å². The van der Waals surface area contributed by atoms with Crippen LogP contribution in [0.2, 0.25) is 0 Å². The molecule has 6 heteroatoms. The third-order valence-electron chi connectivity index (χ3n) is 4.26. The van der Waals surface area contributed by atoms with Crippen LogP contribution in [0.1, 0.15) is 52.9 Å². The van der Waals surface area contributed by atoms with E-state index >= 15 is 0 Å². The van der Waals surface area contributed by atoms with Gasteiger partial charge in [0.25, 0.3) is 0 Å². The van der Waals surface area contributed by atoms with Crippen molar-refractivity contribution in [3.63, 3.8) is 0 Å². The second-order valence-electron chi connectivity index (χ2n) is 6.49. The smallest absolute Gasteiger partial charge is 0.321 e. The summed E-state index contributed by atoms with van der Waals surface area (Å²) in [6.07, 6.45) is 5.98. The van der Waals surface area contributed by atoms with Gasteiger partial charge in [0.1, 0.15) is 6.04 Å². The molecule has 0 aromatic carbocycles. The zero-order chi connectivity index (χ0) is 16.6. The van der Waals surface area contributed by atoms with Crippen LogP contribution in [0.3, 0.4) is 0 Å². The summed E-state index contributed by atoms with van der Waals surface area (Å²) in [5, 5.41) is 25.8. The van der Waals surface area contributed by atoms with Crippen LogP contribution in [0.25, 0.3) is 0 Å². The maximum absolute atomic E-state index is 10.6. The molecular formula is C15H29NO5. The van der Waals surface area contributed by atoms with Crippen molar-refractivity contribution >= 4 is 11.9 Å². The molecule has 21 heavy (non-hydrogen) atoms. The minimum Gasteiger partial charge on any atom is -0.481 e. The van der Waals surface area contributed by atoms with Gasteiger partial charge in [-0.15, -0.1) is 0 Å². The first kappa shape index (κ1) is 19.9. The molecule has 1 fully saturated rings. The van der Waals surface area contributed by atoms with E-state index in [-0.39, 0.29) is 12.5 Å². The highest BCUT2D eigenvalue weighted by molar-refractivity contribution is 5.74. The number of nitrogens with two attached hydrogens (primary N) is 1. The molecule has 2 unspecified atom stereocenters. The fourth-order valence-corrected chi connectivity index (χ4v) is 2.27. The number of aliphatic carboxylic acids is 2. The monoisotopic (exact) mass is 303 g/mol. The van der Waals surface area contributed by atoms with E-state index in [4.69, 9.17) is 21.1 Å². The van der Waals surface area contributed by atoms with Crippen LogP contribution < -0.4 is 5.73 Å². The molecule has 1 aliphatic carbocycles. The van der Waals surface area contributed by atoms with E-state index < -0.39 is 23.4 Å². The molecule has 0 radical (unpaired) electrons. The summed E-state index contributed by atoms with van der Waals surface area (Å²) in [7, 11) is 0. The largest absolute Gasteiger partial charge is 0.481 e. The highest BCUT2D eigenvalue weighted by Gasteiger charge is 2.31.